The summed E-state index contributed by atoms with van der Waals surface area (Å²) in [6, 6.07) is 0. The van der Waals surface area contributed by atoms with E-state index < -0.39 is 37.3 Å². The van der Waals surface area contributed by atoms with Gasteiger partial charge in [0.05, 0.1) is 6.61 Å². The summed E-state index contributed by atoms with van der Waals surface area (Å²) in [6.07, 6.45) is -3.68. The largest absolute Gasteiger partial charge is 0.525 e. The highest BCUT2D eigenvalue weighted by molar-refractivity contribution is 7.80. The molecule has 0 aliphatic rings. The molecule has 0 saturated carbocycles. The number of phosphoric acid groups is 1. The van der Waals surface area contributed by atoms with Crippen molar-refractivity contribution in [3.8, 4) is 0 Å². The summed E-state index contributed by atoms with van der Waals surface area (Å²) in [5, 5.41) is 35.5. The minimum atomic E-state index is -4.95. The molecule has 0 aromatic heterocycles. The Bertz CT molecular complexity index is 299. The molecule has 0 aliphatic heterocycles. The number of aliphatic hydroxyl groups is 4. The predicted molar refractivity (Wildman–Crippen MR) is 55.5 cm³/mol. The van der Waals surface area contributed by atoms with Gasteiger partial charge in [0.25, 0.3) is 0 Å². The molecule has 6 N–H and O–H groups in total. The van der Waals surface area contributed by atoms with Gasteiger partial charge >= 0.3 is 7.82 Å². The monoisotopic (exact) mass is 276 g/mol. The molecule has 0 unspecified atom stereocenters. The second-order valence-corrected chi connectivity index (χ2v) is 4.75. The van der Waals surface area contributed by atoms with E-state index in [4.69, 9.17) is 20.0 Å². The molecule has 3 atom stereocenters. The van der Waals surface area contributed by atoms with E-state index in [2.05, 4.69) is 16.7 Å². The Morgan fingerprint density at radius 3 is 2.25 bits per heavy atom. The first-order valence-corrected chi connectivity index (χ1v) is 5.95. The molecule has 96 valence electrons. The van der Waals surface area contributed by atoms with Gasteiger partial charge in [-0.25, -0.2) is 4.57 Å². The molecule has 0 aromatic carbocycles. The number of hydrogen-bond acceptors (Lipinski definition) is 7. The van der Waals surface area contributed by atoms with E-state index in [0.717, 1.165) is 6.92 Å². The third-order valence-corrected chi connectivity index (χ3v) is 2.78. The Morgan fingerprint density at radius 2 is 1.94 bits per heavy atom. The smallest absolute Gasteiger partial charge is 0.394 e. The van der Waals surface area contributed by atoms with Gasteiger partial charge in [-0.15, -0.1) is 0 Å². The molecule has 8 nitrogen and oxygen atoms in total. The Labute approximate surface area is 96.4 Å². The molecule has 0 aliphatic carbocycles. The molecule has 0 fully saturated rings. The molecule has 0 heterocycles. The van der Waals surface area contributed by atoms with Gasteiger partial charge in [-0.05, 0) is 19.1 Å². The number of thiocarbonyl (C=S) groups is 1. The molecule has 0 saturated heterocycles. The predicted octanol–water partition coefficient (Wildman–Crippen LogP) is -2.11. The minimum Gasteiger partial charge on any atom is -0.394 e. The van der Waals surface area contributed by atoms with E-state index in [-0.39, 0.29) is 0 Å². The van der Waals surface area contributed by atoms with Crippen LogP contribution in [0.25, 0.3) is 0 Å². The van der Waals surface area contributed by atoms with Crippen LogP contribution < -0.4 is 0 Å². The first kappa shape index (κ1) is 15.9. The van der Waals surface area contributed by atoms with Gasteiger partial charge in [0.2, 0.25) is 5.05 Å². The molecule has 16 heavy (non-hydrogen) atoms. The molecule has 0 aromatic rings. The minimum absolute atomic E-state index is 0.865. The van der Waals surface area contributed by atoms with Crippen molar-refractivity contribution in [3.05, 3.63) is 0 Å². The van der Waals surface area contributed by atoms with Crippen molar-refractivity contribution >= 4 is 25.1 Å². The average molecular weight is 276 g/mol. The summed E-state index contributed by atoms with van der Waals surface area (Å²) in [4.78, 5) is 16.9. The molecular formula is C6H13O8PS. The third-order valence-electron chi connectivity index (χ3n) is 1.74. The van der Waals surface area contributed by atoms with Crippen LogP contribution >= 0.6 is 20.0 Å². The van der Waals surface area contributed by atoms with E-state index in [1.165, 1.54) is 0 Å². The van der Waals surface area contributed by atoms with E-state index in [1.807, 2.05) is 0 Å². The van der Waals surface area contributed by atoms with Gasteiger partial charge in [0.15, 0.2) is 5.60 Å². The highest BCUT2D eigenvalue weighted by Crippen LogP contribution is 2.38. The maximum absolute atomic E-state index is 10.4. The SMILES string of the molecule is C[C@](O)(C(=S)OP(=O)(O)O)[C@H](O)[C@H](O)CO. The Hall–Kier alpha value is -0.120. The van der Waals surface area contributed by atoms with Gasteiger partial charge in [-0.1, -0.05) is 0 Å². The van der Waals surface area contributed by atoms with Crippen LogP contribution in [-0.4, -0.2) is 59.7 Å². The first-order valence-electron chi connectivity index (χ1n) is 4.01. The zero-order valence-corrected chi connectivity index (χ0v) is 9.93. The average Bonchev–Trinajstić information content (AvgIpc) is 2.12. The number of phosphoric ester groups is 1. The van der Waals surface area contributed by atoms with Gasteiger partial charge in [0.1, 0.15) is 12.2 Å². The van der Waals surface area contributed by atoms with Crippen molar-refractivity contribution in [2.45, 2.75) is 24.7 Å². The number of aliphatic hydroxyl groups excluding tert-OH is 3. The van der Waals surface area contributed by atoms with Crippen LogP contribution in [0.5, 0.6) is 0 Å². The Kier molecular flexibility index (Phi) is 5.44. The summed E-state index contributed by atoms with van der Waals surface area (Å²) in [6.45, 7) is 0.0182. The van der Waals surface area contributed by atoms with Crippen molar-refractivity contribution in [1.29, 1.82) is 0 Å². The fourth-order valence-corrected chi connectivity index (χ4v) is 1.61. The van der Waals surface area contributed by atoms with Crippen molar-refractivity contribution < 1.29 is 39.3 Å². The number of hydrogen-bond donors (Lipinski definition) is 6. The maximum atomic E-state index is 10.4. The Balaban J connectivity index is 4.78. The van der Waals surface area contributed by atoms with Crippen LogP contribution in [0.3, 0.4) is 0 Å². The second-order valence-electron chi connectivity index (χ2n) is 3.21. The van der Waals surface area contributed by atoms with Gasteiger partial charge in [0, 0.05) is 0 Å². The molecule has 0 rings (SSSR count). The second kappa shape index (κ2) is 5.48. The summed E-state index contributed by atoms with van der Waals surface area (Å²) < 4.78 is 14.3. The van der Waals surface area contributed by atoms with Crippen LogP contribution in [0, 0.1) is 0 Å². The maximum Gasteiger partial charge on any atom is 0.525 e. The highest BCUT2D eigenvalue weighted by atomic mass is 32.1. The lowest BCUT2D eigenvalue weighted by molar-refractivity contribution is -0.0982. The summed E-state index contributed by atoms with van der Waals surface area (Å²) in [5.41, 5.74) is -2.39. The summed E-state index contributed by atoms with van der Waals surface area (Å²) >= 11 is 4.36. The molecule has 0 amide bonds. The number of rotatable bonds is 5. The molecule has 10 heteroatoms. The van der Waals surface area contributed by atoms with E-state index in [0.29, 0.717) is 0 Å². The first-order chi connectivity index (χ1) is 7.02. The van der Waals surface area contributed by atoms with E-state index in [1.54, 1.807) is 0 Å². The van der Waals surface area contributed by atoms with Crippen LogP contribution in [0.4, 0.5) is 0 Å². The van der Waals surface area contributed by atoms with Crippen molar-refractivity contribution in [2.24, 2.45) is 0 Å². The molecule has 0 spiro atoms. The molecular weight excluding hydrogens is 263 g/mol. The van der Waals surface area contributed by atoms with Crippen LogP contribution in [-0.2, 0) is 9.09 Å². The third kappa shape index (κ3) is 4.40. The normalized spacial score (nSPS) is 19.7. The van der Waals surface area contributed by atoms with Crippen molar-refractivity contribution in [1.82, 2.24) is 0 Å². The van der Waals surface area contributed by atoms with Gasteiger partial charge in [-0.3, -0.25) is 9.79 Å². The van der Waals surface area contributed by atoms with Crippen molar-refractivity contribution in [3.63, 3.8) is 0 Å². The highest BCUT2D eigenvalue weighted by Gasteiger charge is 2.42. The van der Waals surface area contributed by atoms with E-state index >= 15 is 0 Å². The molecule has 0 radical (unpaired) electrons. The fourth-order valence-electron chi connectivity index (χ4n) is 0.796. The summed E-state index contributed by atoms with van der Waals surface area (Å²) in [5.74, 6) is 0. The Morgan fingerprint density at radius 1 is 1.50 bits per heavy atom. The summed E-state index contributed by atoms with van der Waals surface area (Å²) in [7, 11) is -4.95. The van der Waals surface area contributed by atoms with Crippen LogP contribution in [0.2, 0.25) is 0 Å². The molecule has 0 bridgehead atoms. The zero-order valence-electron chi connectivity index (χ0n) is 8.22. The van der Waals surface area contributed by atoms with Crippen LogP contribution in [0.15, 0.2) is 0 Å². The van der Waals surface area contributed by atoms with Crippen molar-refractivity contribution in [2.75, 3.05) is 6.61 Å². The lowest BCUT2D eigenvalue weighted by Crippen LogP contribution is -2.53. The van der Waals surface area contributed by atoms with Crippen LogP contribution in [0.1, 0.15) is 6.92 Å². The van der Waals surface area contributed by atoms with Gasteiger partial charge < -0.3 is 24.9 Å². The topological polar surface area (TPSA) is 148 Å². The lowest BCUT2D eigenvalue weighted by atomic mass is 9.96. The zero-order chi connectivity index (χ0) is 13.1. The standard InChI is InChI=1S/C6H13O8PS/c1-6(10,4(9)3(8)2-7)5(16)14-15(11,12)13/h3-4,7-10H,2H2,1H3,(H2,11,12,13)/t3-,4-,6-/m1/s1. The van der Waals surface area contributed by atoms with Gasteiger partial charge in [-0.2, -0.15) is 0 Å². The fraction of sp³-hybridized carbons (Fsp3) is 0.833. The quantitative estimate of drug-likeness (QED) is 0.245. The van der Waals surface area contributed by atoms with E-state index in [9.17, 15) is 14.8 Å². The lowest BCUT2D eigenvalue weighted by Gasteiger charge is -2.31.